The van der Waals surface area contributed by atoms with Gasteiger partial charge in [-0.15, -0.1) is 0 Å². The highest BCUT2D eigenvalue weighted by atomic mass is 16.7. The Morgan fingerprint density at radius 2 is 1.81 bits per heavy atom. The number of rotatable bonds is 5. The van der Waals surface area contributed by atoms with Gasteiger partial charge in [0.25, 0.3) is 0 Å². The Kier molecular flexibility index (Phi) is 5.88. The molecule has 1 heterocycles. The molecule has 1 aliphatic heterocycles. The number of nitrogen functional groups attached to an aromatic ring is 1. The van der Waals surface area contributed by atoms with Crippen LogP contribution in [0.2, 0.25) is 0 Å². The first-order valence-corrected chi connectivity index (χ1v) is 9.13. The number of amides is 1. The minimum Gasteiger partial charge on any atom is -0.400 e. The van der Waals surface area contributed by atoms with E-state index in [-0.39, 0.29) is 5.91 Å². The lowest BCUT2D eigenvalue weighted by atomic mass is 9.76. The molecule has 6 heteroatoms. The van der Waals surface area contributed by atoms with Gasteiger partial charge in [-0.2, -0.15) is 0 Å². The molecule has 0 aromatic heterocycles. The smallest absolute Gasteiger partial charge is 0.400 e. The van der Waals surface area contributed by atoms with Crippen LogP contribution in [-0.4, -0.2) is 30.8 Å². The standard InChI is InChI=1S/C20H31BN2O3/c1-13(2)15-8-9-18(22)16(10-15)11-17(12-23-14(3)24)21-25-19(4,5)20(6,7)26-21/h8-11,13H,12,22H2,1-7H3,(H,23,24). The molecular formula is C20H31BN2O3. The minimum absolute atomic E-state index is 0.101. The highest BCUT2D eigenvalue weighted by Crippen LogP contribution is 2.39. The summed E-state index contributed by atoms with van der Waals surface area (Å²) in [6.07, 6.45) is 1.97. The Hall–Kier alpha value is -1.79. The van der Waals surface area contributed by atoms with Gasteiger partial charge in [0, 0.05) is 19.2 Å². The van der Waals surface area contributed by atoms with Gasteiger partial charge in [-0.3, -0.25) is 4.79 Å². The lowest BCUT2D eigenvalue weighted by Crippen LogP contribution is -2.41. The van der Waals surface area contributed by atoms with Crippen molar-refractivity contribution in [1.82, 2.24) is 5.32 Å². The van der Waals surface area contributed by atoms with Crippen LogP contribution in [0.25, 0.3) is 6.08 Å². The van der Waals surface area contributed by atoms with E-state index in [0.717, 1.165) is 11.0 Å². The molecule has 0 radical (unpaired) electrons. The molecule has 5 nitrogen and oxygen atoms in total. The zero-order valence-electron chi connectivity index (χ0n) is 17.0. The van der Waals surface area contributed by atoms with Gasteiger partial charge in [-0.05, 0) is 62.3 Å². The van der Waals surface area contributed by atoms with Crippen molar-refractivity contribution in [2.24, 2.45) is 0 Å². The van der Waals surface area contributed by atoms with Crippen LogP contribution in [0.1, 0.15) is 65.5 Å². The third-order valence-electron chi connectivity index (χ3n) is 5.22. The fourth-order valence-corrected chi connectivity index (χ4v) is 2.70. The maximum Gasteiger partial charge on any atom is 0.492 e. The summed E-state index contributed by atoms with van der Waals surface area (Å²) in [5.74, 6) is 0.301. The van der Waals surface area contributed by atoms with E-state index in [1.807, 2.05) is 45.9 Å². The maximum absolute atomic E-state index is 11.4. The Morgan fingerprint density at radius 3 is 2.31 bits per heavy atom. The Balaban J connectivity index is 2.41. The second kappa shape index (κ2) is 7.45. The van der Waals surface area contributed by atoms with Gasteiger partial charge in [0.2, 0.25) is 5.91 Å². The van der Waals surface area contributed by atoms with Crippen LogP contribution in [0, 0.1) is 0 Å². The van der Waals surface area contributed by atoms with Crippen LogP contribution in [0.4, 0.5) is 5.69 Å². The molecule has 0 saturated carbocycles. The number of hydrogen-bond donors (Lipinski definition) is 2. The number of anilines is 1. The van der Waals surface area contributed by atoms with E-state index in [1.54, 1.807) is 0 Å². The maximum atomic E-state index is 11.4. The number of nitrogens with one attached hydrogen (secondary N) is 1. The molecule has 0 aliphatic carbocycles. The van der Waals surface area contributed by atoms with Crippen LogP contribution in [0.5, 0.6) is 0 Å². The average Bonchev–Trinajstić information content (AvgIpc) is 2.72. The predicted octanol–water partition coefficient (Wildman–Crippen LogP) is 3.54. The van der Waals surface area contributed by atoms with Crippen LogP contribution in [0.15, 0.2) is 23.7 Å². The minimum atomic E-state index is -0.533. The summed E-state index contributed by atoms with van der Waals surface area (Å²) in [5, 5.41) is 2.85. The first-order chi connectivity index (χ1) is 11.9. The molecule has 1 aliphatic rings. The fraction of sp³-hybridized carbons (Fsp3) is 0.550. The molecule has 2 rings (SSSR count). The Labute approximate surface area is 157 Å². The van der Waals surface area contributed by atoms with E-state index < -0.39 is 18.3 Å². The van der Waals surface area contributed by atoms with Crippen molar-refractivity contribution in [3.63, 3.8) is 0 Å². The summed E-state index contributed by atoms with van der Waals surface area (Å²) in [6.45, 7) is 14.2. The average molecular weight is 358 g/mol. The molecule has 0 bridgehead atoms. The summed E-state index contributed by atoms with van der Waals surface area (Å²) < 4.78 is 12.3. The second-order valence-electron chi connectivity index (χ2n) is 8.26. The SMILES string of the molecule is CC(=O)NCC(=Cc1cc(C(C)C)ccc1N)B1OC(C)(C)C(C)(C)O1. The lowest BCUT2D eigenvalue weighted by Gasteiger charge is -2.32. The Bertz CT molecular complexity index is 695. The fourth-order valence-electron chi connectivity index (χ4n) is 2.70. The van der Waals surface area contributed by atoms with Crippen LogP contribution >= 0.6 is 0 Å². The van der Waals surface area contributed by atoms with E-state index in [1.165, 1.54) is 12.5 Å². The van der Waals surface area contributed by atoms with Crippen molar-refractivity contribution in [2.75, 3.05) is 12.3 Å². The third-order valence-corrected chi connectivity index (χ3v) is 5.22. The van der Waals surface area contributed by atoms with Crippen LogP contribution in [0.3, 0.4) is 0 Å². The van der Waals surface area contributed by atoms with Crippen LogP contribution in [-0.2, 0) is 14.1 Å². The van der Waals surface area contributed by atoms with Crippen molar-refractivity contribution in [1.29, 1.82) is 0 Å². The predicted molar refractivity (Wildman–Crippen MR) is 108 cm³/mol. The molecule has 0 unspecified atom stereocenters. The van der Waals surface area contributed by atoms with Crippen molar-refractivity contribution in [3.05, 3.63) is 34.8 Å². The molecule has 0 spiro atoms. The van der Waals surface area contributed by atoms with Crippen molar-refractivity contribution in [3.8, 4) is 0 Å². The van der Waals surface area contributed by atoms with E-state index >= 15 is 0 Å². The third kappa shape index (κ3) is 4.49. The molecule has 1 amide bonds. The lowest BCUT2D eigenvalue weighted by molar-refractivity contribution is -0.118. The Morgan fingerprint density at radius 1 is 1.23 bits per heavy atom. The quantitative estimate of drug-likeness (QED) is 0.624. The van der Waals surface area contributed by atoms with Gasteiger partial charge >= 0.3 is 7.12 Å². The normalized spacial score (nSPS) is 19.1. The van der Waals surface area contributed by atoms with Crippen molar-refractivity contribution in [2.45, 2.75) is 65.6 Å². The van der Waals surface area contributed by atoms with Crippen molar-refractivity contribution < 1.29 is 14.1 Å². The molecular weight excluding hydrogens is 327 g/mol. The summed E-state index contributed by atoms with van der Waals surface area (Å²) in [4.78, 5) is 11.4. The van der Waals surface area contributed by atoms with Gasteiger partial charge in [0.15, 0.2) is 0 Å². The van der Waals surface area contributed by atoms with Gasteiger partial charge in [-0.1, -0.05) is 26.0 Å². The second-order valence-corrected chi connectivity index (χ2v) is 8.26. The summed E-state index contributed by atoms with van der Waals surface area (Å²) >= 11 is 0. The number of carbonyl (C=O) groups excluding carboxylic acids is 1. The molecule has 1 aromatic carbocycles. The molecule has 142 valence electrons. The molecule has 3 N–H and O–H groups in total. The summed E-state index contributed by atoms with van der Waals surface area (Å²) in [6, 6.07) is 6.04. The number of carbonyl (C=O) groups is 1. The highest BCUT2D eigenvalue weighted by molar-refractivity contribution is 6.56. The zero-order chi connectivity index (χ0) is 19.7. The van der Waals surface area contributed by atoms with Gasteiger partial charge in [-0.25, -0.2) is 0 Å². The van der Waals surface area contributed by atoms with E-state index in [4.69, 9.17) is 15.0 Å². The number of nitrogens with two attached hydrogens (primary N) is 1. The first-order valence-electron chi connectivity index (χ1n) is 9.13. The largest absolute Gasteiger partial charge is 0.492 e. The first kappa shape index (κ1) is 20.5. The topological polar surface area (TPSA) is 73.6 Å². The van der Waals surface area contributed by atoms with E-state index in [2.05, 4.69) is 25.2 Å². The molecule has 0 atom stereocenters. The monoisotopic (exact) mass is 358 g/mol. The summed E-state index contributed by atoms with van der Waals surface area (Å²) in [7, 11) is -0.533. The molecule has 1 aromatic rings. The van der Waals surface area contributed by atoms with Crippen LogP contribution < -0.4 is 11.1 Å². The zero-order valence-corrected chi connectivity index (χ0v) is 17.0. The van der Waals surface area contributed by atoms with E-state index in [0.29, 0.717) is 18.2 Å². The number of hydrogen-bond acceptors (Lipinski definition) is 4. The van der Waals surface area contributed by atoms with E-state index in [9.17, 15) is 4.79 Å². The van der Waals surface area contributed by atoms with Crippen molar-refractivity contribution >= 4 is 24.8 Å². The van der Waals surface area contributed by atoms with Gasteiger partial charge in [0.1, 0.15) is 0 Å². The number of benzene rings is 1. The van der Waals surface area contributed by atoms with Gasteiger partial charge < -0.3 is 20.4 Å². The van der Waals surface area contributed by atoms with Gasteiger partial charge in [0.05, 0.1) is 11.2 Å². The molecule has 1 fully saturated rings. The molecule has 26 heavy (non-hydrogen) atoms. The highest BCUT2D eigenvalue weighted by Gasteiger charge is 2.52. The summed E-state index contributed by atoms with van der Waals surface area (Å²) in [5.41, 5.74) is 8.93. The molecule has 1 saturated heterocycles.